The van der Waals surface area contributed by atoms with Gasteiger partial charge in [-0.3, -0.25) is 14.9 Å². The van der Waals surface area contributed by atoms with Gasteiger partial charge in [0.2, 0.25) is 0 Å². The summed E-state index contributed by atoms with van der Waals surface area (Å²) in [7, 11) is 0. The number of esters is 1. The molecule has 0 heterocycles. The molecule has 0 aromatic heterocycles. The molecule has 0 aliphatic carbocycles. The van der Waals surface area contributed by atoms with E-state index < -0.39 is 30.4 Å². The average molecular weight is 334 g/mol. The number of ether oxygens (including phenoxy) is 1. The van der Waals surface area contributed by atoms with Crippen molar-refractivity contribution in [2.75, 3.05) is 6.61 Å². The van der Waals surface area contributed by atoms with E-state index in [9.17, 15) is 14.4 Å². The Hall–Kier alpha value is -2.37. The Morgan fingerprint density at radius 2 is 1.71 bits per heavy atom. The molecule has 0 unspecified atom stereocenters. The van der Waals surface area contributed by atoms with Crippen LogP contribution in [0.25, 0.3) is 0 Å². The lowest BCUT2D eigenvalue weighted by atomic mass is 9.86. The summed E-state index contributed by atoms with van der Waals surface area (Å²) in [4.78, 5) is 35.5. The van der Waals surface area contributed by atoms with Gasteiger partial charge in [0.15, 0.2) is 6.61 Å². The van der Waals surface area contributed by atoms with Gasteiger partial charge in [-0.05, 0) is 25.3 Å². The van der Waals surface area contributed by atoms with Crippen LogP contribution in [-0.4, -0.2) is 30.6 Å². The Morgan fingerprint density at radius 3 is 2.25 bits per heavy atom. The van der Waals surface area contributed by atoms with Gasteiger partial charge in [0, 0.05) is 6.04 Å². The molecule has 24 heavy (non-hydrogen) atoms. The zero-order chi connectivity index (χ0) is 18.1. The van der Waals surface area contributed by atoms with Crippen molar-refractivity contribution in [1.82, 2.24) is 10.6 Å². The molecular formula is C18H26N2O4. The zero-order valence-corrected chi connectivity index (χ0v) is 14.7. The smallest absolute Gasteiger partial charge is 0.321 e. The third kappa shape index (κ3) is 6.40. The maximum absolute atomic E-state index is 12.4. The van der Waals surface area contributed by atoms with E-state index in [4.69, 9.17) is 4.74 Å². The molecule has 6 heteroatoms. The summed E-state index contributed by atoms with van der Waals surface area (Å²) in [5.41, 5.74) is 0.856. The minimum Gasteiger partial charge on any atom is -0.455 e. The number of urea groups is 1. The molecular weight excluding hydrogens is 308 g/mol. The number of benzene rings is 1. The highest BCUT2D eigenvalue weighted by molar-refractivity contribution is 5.95. The van der Waals surface area contributed by atoms with Gasteiger partial charge in [-0.2, -0.15) is 0 Å². The predicted molar refractivity (Wildman–Crippen MR) is 91.4 cm³/mol. The molecule has 1 aromatic carbocycles. The first kappa shape index (κ1) is 19.7. The summed E-state index contributed by atoms with van der Waals surface area (Å²) in [5, 5.41) is 4.65. The lowest BCUT2D eigenvalue weighted by Crippen LogP contribution is -2.44. The normalized spacial score (nSPS) is 13.0. The van der Waals surface area contributed by atoms with E-state index in [0.717, 1.165) is 12.0 Å². The molecule has 0 saturated heterocycles. The first-order valence-electron chi connectivity index (χ1n) is 8.17. The molecule has 0 radical (unpaired) electrons. The fourth-order valence-corrected chi connectivity index (χ4v) is 2.28. The Kier molecular flexibility index (Phi) is 7.95. The number of imide groups is 1. The number of rotatable bonds is 7. The van der Waals surface area contributed by atoms with E-state index in [1.54, 1.807) is 13.8 Å². The van der Waals surface area contributed by atoms with E-state index >= 15 is 0 Å². The largest absolute Gasteiger partial charge is 0.455 e. The van der Waals surface area contributed by atoms with Crippen molar-refractivity contribution < 1.29 is 19.1 Å². The average Bonchev–Trinajstić information content (AvgIpc) is 2.53. The van der Waals surface area contributed by atoms with Crippen molar-refractivity contribution in [1.29, 1.82) is 0 Å². The van der Waals surface area contributed by atoms with Gasteiger partial charge in [0.25, 0.3) is 5.91 Å². The van der Waals surface area contributed by atoms with Crippen molar-refractivity contribution in [2.24, 2.45) is 5.92 Å². The third-order valence-electron chi connectivity index (χ3n) is 3.64. The molecule has 1 aromatic rings. The number of nitrogens with one attached hydrogen (secondary N) is 2. The van der Waals surface area contributed by atoms with Gasteiger partial charge in [0.1, 0.15) is 0 Å². The summed E-state index contributed by atoms with van der Waals surface area (Å²) in [5.74, 6) is -1.48. The van der Waals surface area contributed by atoms with E-state index in [2.05, 4.69) is 10.6 Å². The van der Waals surface area contributed by atoms with Crippen LogP contribution in [0.3, 0.4) is 0 Å². The van der Waals surface area contributed by atoms with Gasteiger partial charge in [0.05, 0.1) is 5.92 Å². The summed E-state index contributed by atoms with van der Waals surface area (Å²) in [6, 6.07) is 8.65. The monoisotopic (exact) mass is 334 g/mol. The number of carbonyl (C=O) groups is 3. The maximum Gasteiger partial charge on any atom is 0.321 e. The number of carbonyl (C=O) groups excluding carboxylic acids is 3. The number of amides is 3. The second-order valence-corrected chi connectivity index (χ2v) is 6.06. The van der Waals surface area contributed by atoms with Crippen molar-refractivity contribution in [3.05, 3.63) is 35.9 Å². The highest BCUT2D eigenvalue weighted by Gasteiger charge is 2.27. The van der Waals surface area contributed by atoms with Crippen molar-refractivity contribution in [3.8, 4) is 0 Å². The van der Waals surface area contributed by atoms with Gasteiger partial charge >= 0.3 is 12.0 Å². The summed E-state index contributed by atoms with van der Waals surface area (Å²) in [6.07, 6.45) is 0.803. The van der Waals surface area contributed by atoms with Crippen LogP contribution >= 0.6 is 0 Å². The first-order valence-corrected chi connectivity index (χ1v) is 8.17. The summed E-state index contributed by atoms with van der Waals surface area (Å²) < 4.78 is 5.12. The molecule has 0 aliphatic heterocycles. The molecule has 0 spiro atoms. The van der Waals surface area contributed by atoms with E-state index in [0.29, 0.717) is 0 Å². The van der Waals surface area contributed by atoms with Gasteiger partial charge < -0.3 is 10.1 Å². The minimum absolute atomic E-state index is 0.0761. The standard InChI is InChI=1S/C18H26N2O4/c1-5-13(4)16(14-9-7-6-8-10-14)17(22)24-11-15(21)20-18(23)19-12(2)3/h6-10,12-13,16H,5,11H2,1-4H3,(H2,19,20,21,23)/t13-,16-/m0/s1. The highest BCUT2D eigenvalue weighted by Crippen LogP contribution is 2.28. The van der Waals surface area contributed by atoms with Crippen molar-refractivity contribution in [3.63, 3.8) is 0 Å². The van der Waals surface area contributed by atoms with Crippen molar-refractivity contribution in [2.45, 2.75) is 46.1 Å². The van der Waals surface area contributed by atoms with Crippen LogP contribution in [0.4, 0.5) is 4.79 Å². The number of hydrogen-bond donors (Lipinski definition) is 2. The molecule has 1 rings (SSSR count). The molecule has 2 N–H and O–H groups in total. The van der Waals surface area contributed by atoms with Gasteiger partial charge in [-0.1, -0.05) is 50.6 Å². The van der Waals surface area contributed by atoms with Crippen LogP contribution in [0, 0.1) is 5.92 Å². The van der Waals surface area contributed by atoms with Crippen LogP contribution in [0.15, 0.2) is 30.3 Å². The predicted octanol–water partition coefficient (Wildman–Crippen LogP) is 2.59. The van der Waals surface area contributed by atoms with E-state index in [1.807, 2.05) is 44.2 Å². The molecule has 0 saturated carbocycles. The molecule has 0 fully saturated rings. The minimum atomic E-state index is -0.655. The quantitative estimate of drug-likeness (QED) is 0.751. The Labute approximate surface area is 143 Å². The molecule has 0 aliphatic rings. The topological polar surface area (TPSA) is 84.5 Å². The Morgan fingerprint density at radius 1 is 1.08 bits per heavy atom. The summed E-state index contributed by atoms with van der Waals surface area (Å²) >= 11 is 0. The summed E-state index contributed by atoms with van der Waals surface area (Å²) in [6.45, 7) is 7.04. The molecule has 2 atom stereocenters. The van der Waals surface area contributed by atoms with E-state index in [1.165, 1.54) is 0 Å². The van der Waals surface area contributed by atoms with Crippen LogP contribution in [-0.2, 0) is 14.3 Å². The van der Waals surface area contributed by atoms with Crippen LogP contribution in [0.2, 0.25) is 0 Å². The molecule has 3 amide bonds. The van der Waals surface area contributed by atoms with Crippen LogP contribution in [0.1, 0.15) is 45.6 Å². The lowest BCUT2D eigenvalue weighted by Gasteiger charge is -2.21. The van der Waals surface area contributed by atoms with E-state index in [-0.39, 0.29) is 12.0 Å². The second-order valence-electron chi connectivity index (χ2n) is 6.06. The fraction of sp³-hybridized carbons (Fsp3) is 0.500. The van der Waals surface area contributed by atoms with Crippen LogP contribution < -0.4 is 10.6 Å². The fourth-order valence-electron chi connectivity index (χ4n) is 2.28. The third-order valence-corrected chi connectivity index (χ3v) is 3.64. The molecule has 0 bridgehead atoms. The zero-order valence-electron chi connectivity index (χ0n) is 14.7. The lowest BCUT2D eigenvalue weighted by molar-refractivity contribution is -0.151. The highest BCUT2D eigenvalue weighted by atomic mass is 16.5. The SMILES string of the molecule is CC[C@H](C)[C@H](C(=O)OCC(=O)NC(=O)NC(C)C)c1ccccc1. The van der Waals surface area contributed by atoms with Gasteiger partial charge in [-0.15, -0.1) is 0 Å². The molecule has 6 nitrogen and oxygen atoms in total. The number of hydrogen-bond acceptors (Lipinski definition) is 4. The molecule has 132 valence electrons. The van der Waals surface area contributed by atoms with Crippen molar-refractivity contribution >= 4 is 17.9 Å². The second kappa shape index (κ2) is 9.70. The Bertz CT molecular complexity index is 557. The maximum atomic E-state index is 12.4. The van der Waals surface area contributed by atoms with Gasteiger partial charge in [-0.25, -0.2) is 4.79 Å². The Balaban J connectivity index is 2.63. The first-order chi connectivity index (χ1) is 11.3. The van der Waals surface area contributed by atoms with Crippen LogP contribution in [0.5, 0.6) is 0 Å².